The molecule has 0 spiro atoms. The van der Waals surface area contributed by atoms with E-state index in [9.17, 15) is 18.0 Å². The Bertz CT molecular complexity index is 1260. The van der Waals surface area contributed by atoms with E-state index >= 15 is 0 Å². The lowest BCUT2D eigenvalue weighted by Gasteiger charge is -2.32. The second-order valence-corrected chi connectivity index (χ2v) is 12.4. The number of nitrogens with zero attached hydrogens (tertiary/aromatic N) is 4. The minimum absolute atomic E-state index is 0.0234. The van der Waals surface area contributed by atoms with E-state index in [-0.39, 0.29) is 21.9 Å². The Morgan fingerprint density at radius 3 is 2.49 bits per heavy atom. The fourth-order valence-electron chi connectivity index (χ4n) is 5.44. The van der Waals surface area contributed by atoms with Gasteiger partial charge in [-0.1, -0.05) is 19.3 Å². The highest BCUT2D eigenvalue weighted by atomic mass is 32.2. The van der Waals surface area contributed by atoms with Gasteiger partial charge in [0.2, 0.25) is 15.5 Å². The molecule has 9 nitrogen and oxygen atoms in total. The van der Waals surface area contributed by atoms with Gasteiger partial charge in [0.05, 0.1) is 10.4 Å². The van der Waals surface area contributed by atoms with Crippen molar-refractivity contribution < 1.29 is 13.2 Å². The van der Waals surface area contributed by atoms with Crippen molar-refractivity contribution in [2.45, 2.75) is 62.9 Å². The second-order valence-electron chi connectivity index (χ2n) is 10.4. The molecule has 0 unspecified atom stereocenters. The highest BCUT2D eigenvalue weighted by Gasteiger charge is 2.29. The maximum atomic E-state index is 13.4. The highest BCUT2D eigenvalue weighted by molar-refractivity contribution is 7.89. The SMILES string of the molecule is CCn1cc(C(=O)NCCCN2CCN(C)CC2)c(=O)c2cc(S(=O)(=O)N(C)C3CCCCC3)ccc21. The summed E-state index contributed by atoms with van der Waals surface area (Å²) in [6.45, 7) is 8.02. The van der Waals surface area contributed by atoms with E-state index in [0.717, 1.165) is 71.2 Å². The summed E-state index contributed by atoms with van der Waals surface area (Å²) in [7, 11) is -0.000887. The summed E-state index contributed by atoms with van der Waals surface area (Å²) in [6, 6.07) is 4.67. The van der Waals surface area contributed by atoms with Crippen LogP contribution in [0.15, 0.2) is 34.1 Å². The van der Waals surface area contributed by atoms with Crippen LogP contribution in [0.5, 0.6) is 0 Å². The van der Waals surface area contributed by atoms with Gasteiger partial charge in [-0.05, 0) is 58.0 Å². The highest BCUT2D eigenvalue weighted by Crippen LogP contribution is 2.27. The van der Waals surface area contributed by atoms with Gasteiger partial charge in [0.15, 0.2) is 0 Å². The number of rotatable bonds is 9. The summed E-state index contributed by atoms with van der Waals surface area (Å²) < 4.78 is 30.1. The minimum atomic E-state index is -3.75. The van der Waals surface area contributed by atoms with Crippen LogP contribution in [0.4, 0.5) is 0 Å². The number of nitrogens with one attached hydrogen (secondary N) is 1. The number of likely N-dealkylation sites (N-methyl/N-ethyl adjacent to an activating group) is 1. The zero-order chi connectivity index (χ0) is 26.6. The molecule has 2 fully saturated rings. The second kappa shape index (κ2) is 12.1. The van der Waals surface area contributed by atoms with Crippen LogP contribution in [-0.4, -0.2) is 92.4 Å². The molecule has 1 saturated heterocycles. The largest absolute Gasteiger partial charge is 0.352 e. The van der Waals surface area contributed by atoms with E-state index in [4.69, 9.17) is 0 Å². The summed E-state index contributed by atoms with van der Waals surface area (Å²) >= 11 is 0. The van der Waals surface area contributed by atoms with Gasteiger partial charge in [0, 0.05) is 63.9 Å². The van der Waals surface area contributed by atoms with Gasteiger partial charge >= 0.3 is 0 Å². The molecule has 2 aliphatic rings. The Hall–Kier alpha value is -2.27. The predicted octanol–water partition coefficient (Wildman–Crippen LogP) is 2.34. The average molecular weight is 532 g/mol. The van der Waals surface area contributed by atoms with Crippen LogP contribution in [0.25, 0.3) is 10.9 Å². The molecule has 1 aromatic heterocycles. The molecule has 204 valence electrons. The van der Waals surface area contributed by atoms with Crippen molar-refractivity contribution in [1.29, 1.82) is 0 Å². The molecule has 4 rings (SSSR count). The van der Waals surface area contributed by atoms with Gasteiger partial charge in [-0.25, -0.2) is 8.42 Å². The van der Waals surface area contributed by atoms with Crippen molar-refractivity contribution in [1.82, 2.24) is 24.0 Å². The van der Waals surface area contributed by atoms with E-state index in [1.54, 1.807) is 25.4 Å². The third kappa shape index (κ3) is 6.25. The first-order valence-electron chi connectivity index (χ1n) is 13.6. The normalized spacial score (nSPS) is 18.5. The summed E-state index contributed by atoms with van der Waals surface area (Å²) in [5.74, 6) is -0.417. The van der Waals surface area contributed by atoms with Crippen molar-refractivity contribution in [2.24, 2.45) is 0 Å². The maximum absolute atomic E-state index is 13.4. The molecule has 10 heteroatoms. The van der Waals surface area contributed by atoms with Crippen LogP contribution < -0.4 is 10.7 Å². The number of hydrogen-bond donors (Lipinski definition) is 1. The van der Waals surface area contributed by atoms with Crippen molar-refractivity contribution in [3.63, 3.8) is 0 Å². The molecule has 0 atom stereocenters. The zero-order valence-electron chi connectivity index (χ0n) is 22.4. The number of pyridine rings is 1. The summed E-state index contributed by atoms with van der Waals surface area (Å²) in [6.07, 6.45) is 7.28. The van der Waals surface area contributed by atoms with Crippen molar-refractivity contribution in [3.05, 3.63) is 40.2 Å². The van der Waals surface area contributed by atoms with Crippen LogP contribution in [0.3, 0.4) is 0 Å². The van der Waals surface area contributed by atoms with E-state index < -0.39 is 21.4 Å². The number of aromatic nitrogens is 1. The molecule has 2 heterocycles. The molecule has 2 aromatic rings. The van der Waals surface area contributed by atoms with E-state index in [2.05, 4.69) is 22.2 Å². The molecule has 0 radical (unpaired) electrons. The molecule has 1 amide bonds. The summed E-state index contributed by atoms with van der Waals surface area (Å²) in [5.41, 5.74) is 0.233. The third-order valence-electron chi connectivity index (χ3n) is 7.94. The number of piperazine rings is 1. The lowest BCUT2D eigenvalue weighted by molar-refractivity contribution is 0.0948. The standard InChI is InChI=1S/C27H41N5O4S/c1-4-32-20-24(27(34)28-13-8-14-31-17-15-29(2)16-18-31)26(33)23-19-22(11-12-25(23)32)37(35,36)30(3)21-9-6-5-7-10-21/h11-12,19-21H,4-10,13-18H2,1-3H3,(H,28,34). The Morgan fingerprint density at radius 2 is 1.81 bits per heavy atom. The smallest absolute Gasteiger partial charge is 0.256 e. The molecule has 1 saturated carbocycles. The van der Waals surface area contributed by atoms with Crippen molar-refractivity contribution in [2.75, 3.05) is 53.4 Å². The van der Waals surface area contributed by atoms with Crippen molar-refractivity contribution >= 4 is 26.8 Å². The van der Waals surface area contributed by atoms with Crippen LogP contribution in [0.2, 0.25) is 0 Å². The van der Waals surface area contributed by atoms with Gasteiger partial charge < -0.3 is 19.7 Å². The van der Waals surface area contributed by atoms with Gasteiger partial charge in [-0.3, -0.25) is 9.59 Å². The Balaban J connectivity index is 1.52. The number of fused-ring (bicyclic) bond motifs is 1. The average Bonchev–Trinajstić information content (AvgIpc) is 2.92. The van der Waals surface area contributed by atoms with Crippen LogP contribution >= 0.6 is 0 Å². The van der Waals surface area contributed by atoms with Crippen molar-refractivity contribution in [3.8, 4) is 0 Å². The maximum Gasteiger partial charge on any atom is 0.256 e. The van der Waals surface area contributed by atoms with Gasteiger partial charge in [0.1, 0.15) is 5.56 Å². The lowest BCUT2D eigenvalue weighted by atomic mass is 9.96. The third-order valence-corrected chi connectivity index (χ3v) is 9.84. The van der Waals surface area contributed by atoms with Crippen LogP contribution in [-0.2, 0) is 16.6 Å². The number of amides is 1. The van der Waals surface area contributed by atoms with Gasteiger partial charge in [-0.2, -0.15) is 4.31 Å². The fourth-order valence-corrected chi connectivity index (χ4v) is 6.88. The first-order valence-corrected chi connectivity index (χ1v) is 15.0. The monoisotopic (exact) mass is 531 g/mol. The topological polar surface area (TPSA) is 95.0 Å². The Kier molecular flexibility index (Phi) is 9.05. The van der Waals surface area contributed by atoms with Crippen LogP contribution in [0.1, 0.15) is 55.8 Å². The first kappa shape index (κ1) is 27.8. The number of benzene rings is 1. The quantitative estimate of drug-likeness (QED) is 0.499. The van der Waals surface area contributed by atoms with Gasteiger partial charge in [-0.15, -0.1) is 0 Å². The van der Waals surface area contributed by atoms with E-state index in [0.29, 0.717) is 18.6 Å². The molecule has 1 aliphatic heterocycles. The Labute approximate surface area is 220 Å². The lowest BCUT2D eigenvalue weighted by Crippen LogP contribution is -2.45. The minimum Gasteiger partial charge on any atom is -0.352 e. The molecular formula is C27H41N5O4S. The molecular weight excluding hydrogens is 490 g/mol. The molecule has 1 N–H and O–H groups in total. The van der Waals surface area contributed by atoms with E-state index in [1.807, 2.05) is 11.5 Å². The predicted molar refractivity (Wildman–Crippen MR) is 147 cm³/mol. The molecule has 1 aromatic carbocycles. The Morgan fingerprint density at radius 1 is 1.11 bits per heavy atom. The molecule has 1 aliphatic carbocycles. The number of carbonyl (C=O) groups is 1. The number of aryl methyl sites for hydroxylation is 1. The van der Waals surface area contributed by atoms with Crippen LogP contribution in [0, 0.1) is 0 Å². The number of hydrogen-bond acceptors (Lipinski definition) is 6. The fraction of sp³-hybridized carbons (Fsp3) is 0.630. The zero-order valence-corrected chi connectivity index (χ0v) is 23.2. The molecule has 0 bridgehead atoms. The number of sulfonamides is 1. The number of carbonyl (C=O) groups excluding carboxylic acids is 1. The first-order chi connectivity index (χ1) is 17.7. The van der Waals surface area contributed by atoms with Gasteiger partial charge in [0.25, 0.3) is 5.91 Å². The molecule has 37 heavy (non-hydrogen) atoms. The van der Waals surface area contributed by atoms with E-state index in [1.165, 1.54) is 10.4 Å². The summed E-state index contributed by atoms with van der Waals surface area (Å²) in [4.78, 5) is 31.2. The summed E-state index contributed by atoms with van der Waals surface area (Å²) in [5, 5.41) is 3.15.